The normalized spacial score (nSPS) is 27.7. The fourth-order valence-corrected chi connectivity index (χ4v) is 5.96. The first-order chi connectivity index (χ1) is 11.9. The van der Waals surface area contributed by atoms with Crippen molar-refractivity contribution in [2.45, 2.75) is 75.5 Å². The van der Waals surface area contributed by atoms with E-state index in [1.807, 2.05) is 19.1 Å². The van der Waals surface area contributed by atoms with Crippen LogP contribution in [-0.2, 0) is 19.2 Å². The van der Waals surface area contributed by atoms with E-state index in [9.17, 15) is 8.42 Å². The molecular weight excluding hydrogens is 366 g/mol. The second-order valence-corrected chi connectivity index (χ2v) is 15.8. The van der Waals surface area contributed by atoms with Gasteiger partial charge in [0.25, 0.3) is 0 Å². The highest BCUT2D eigenvalue weighted by molar-refractivity contribution is 7.89. The summed E-state index contributed by atoms with van der Waals surface area (Å²) in [5.74, 6) is 0. The molecule has 2 aliphatic rings. The topological polar surface area (TPSA) is 59.1 Å². The van der Waals surface area contributed by atoms with Crippen LogP contribution in [0.25, 0.3) is 0 Å². The van der Waals surface area contributed by atoms with Crippen molar-refractivity contribution >= 4 is 18.3 Å². The van der Waals surface area contributed by atoms with E-state index in [1.165, 1.54) is 0 Å². The number of hydrogen-bond donors (Lipinski definition) is 0. The van der Waals surface area contributed by atoms with Crippen LogP contribution in [0.1, 0.15) is 32.8 Å². The standard InChI is InChI=1S/C19H31NO4SSi/c1-14-7-9-16(10-8-14)25(21,22)20-12-15(11-17-18(13-20)23-17)24-26(5,6)19(2,3)4/h7-10,15,17-18H,11-13H2,1-6H3/t15-,17+,18-/m1/s1. The van der Waals surface area contributed by atoms with Crippen molar-refractivity contribution in [1.82, 2.24) is 4.31 Å². The molecule has 7 heteroatoms. The van der Waals surface area contributed by atoms with Gasteiger partial charge >= 0.3 is 0 Å². The number of epoxide rings is 1. The fraction of sp³-hybridized carbons (Fsp3) is 0.684. The Bertz CT molecular complexity index is 755. The van der Waals surface area contributed by atoms with Crippen LogP contribution in [0.5, 0.6) is 0 Å². The van der Waals surface area contributed by atoms with E-state index in [-0.39, 0.29) is 23.4 Å². The maximum atomic E-state index is 13.1. The van der Waals surface area contributed by atoms with Crippen molar-refractivity contribution in [3.63, 3.8) is 0 Å². The van der Waals surface area contributed by atoms with Crippen LogP contribution in [0.4, 0.5) is 0 Å². The van der Waals surface area contributed by atoms with Crippen LogP contribution in [-0.4, -0.2) is 52.4 Å². The third kappa shape index (κ3) is 4.07. The first kappa shape index (κ1) is 20.0. The third-order valence-corrected chi connectivity index (χ3v) is 12.3. The second-order valence-electron chi connectivity index (χ2n) is 9.08. The van der Waals surface area contributed by atoms with E-state index in [0.717, 1.165) is 12.0 Å². The number of nitrogens with zero attached hydrogens (tertiary/aromatic N) is 1. The lowest BCUT2D eigenvalue weighted by molar-refractivity contribution is 0.130. The van der Waals surface area contributed by atoms with Crippen LogP contribution in [0, 0.1) is 6.92 Å². The van der Waals surface area contributed by atoms with E-state index < -0.39 is 18.3 Å². The molecule has 3 atom stereocenters. The molecule has 146 valence electrons. The van der Waals surface area contributed by atoms with Crippen molar-refractivity contribution in [2.75, 3.05) is 13.1 Å². The minimum atomic E-state index is -3.54. The molecule has 0 N–H and O–H groups in total. The van der Waals surface area contributed by atoms with E-state index in [2.05, 4.69) is 33.9 Å². The molecule has 1 aromatic carbocycles. The summed E-state index contributed by atoms with van der Waals surface area (Å²) < 4.78 is 40.1. The van der Waals surface area contributed by atoms with Gasteiger partial charge in [-0.2, -0.15) is 4.31 Å². The summed E-state index contributed by atoms with van der Waals surface area (Å²) in [7, 11) is -5.52. The van der Waals surface area contributed by atoms with Crippen LogP contribution >= 0.6 is 0 Å². The molecule has 0 amide bonds. The molecule has 2 saturated heterocycles. The van der Waals surface area contributed by atoms with Crippen LogP contribution in [0.15, 0.2) is 29.2 Å². The minimum Gasteiger partial charge on any atom is -0.412 e. The number of hydrogen-bond acceptors (Lipinski definition) is 4. The van der Waals surface area contributed by atoms with Gasteiger partial charge in [-0.1, -0.05) is 38.5 Å². The lowest BCUT2D eigenvalue weighted by Crippen LogP contribution is -2.47. The van der Waals surface area contributed by atoms with Crippen molar-refractivity contribution in [1.29, 1.82) is 0 Å². The van der Waals surface area contributed by atoms with Gasteiger partial charge in [0, 0.05) is 19.5 Å². The van der Waals surface area contributed by atoms with E-state index in [0.29, 0.717) is 18.0 Å². The predicted octanol–water partition coefficient (Wildman–Crippen LogP) is 3.55. The van der Waals surface area contributed by atoms with Gasteiger partial charge in [0.1, 0.15) is 0 Å². The molecule has 2 heterocycles. The zero-order chi connectivity index (χ0) is 19.3. The van der Waals surface area contributed by atoms with E-state index in [4.69, 9.17) is 9.16 Å². The van der Waals surface area contributed by atoms with E-state index >= 15 is 0 Å². The summed E-state index contributed by atoms with van der Waals surface area (Å²) in [4.78, 5) is 0.341. The number of aryl methyl sites for hydroxylation is 1. The molecule has 0 aliphatic carbocycles. The number of ether oxygens (including phenoxy) is 1. The maximum absolute atomic E-state index is 13.1. The molecule has 3 rings (SSSR count). The smallest absolute Gasteiger partial charge is 0.243 e. The quantitative estimate of drug-likeness (QED) is 0.576. The molecule has 26 heavy (non-hydrogen) atoms. The van der Waals surface area contributed by atoms with Gasteiger partial charge in [-0.25, -0.2) is 8.42 Å². The largest absolute Gasteiger partial charge is 0.412 e. The Morgan fingerprint density at radius 1 is 1.12 bits per heavy atom. The van der Waals surface area contributed by atoms with Crippen LogP contribution in [0.2, 0.25) is 18.1 Å². The first-order valence-electron chi connectivity index (χ1n) is 9.30. The van der Waals surface area contributed by atoms with Gasteiger partial charge in [0.2, 0.25) is 10.0 Å². The second kappa shape index (κ2) is 6.70. The highest BCUT2D eigenvalue weighted by Crippen LogP contribution is 2.40. The first-order valence-corrected chi connectivity index (χ1v) is 13.6. The summed E-state index contributed by atoms with van der Waals surface area (Å²) in [6.45, 7) is 13.8. The molecule has 2 fully saturated rings. The fourth-order valence-electron chi connectivity index (χ4n) is 3.12. The third-order valence-electron chi connectivity index (χ3n) is 5.90. The summed E-state index contributed by atoms with van der Waals surface area (Å²) in [5, 5.41) is 0.0871. The monoisotopic (exact) mass is 397 g/mol. The molecule has 0 radical (unpaired) electrons. The zero-order valence-corrected chi connectivity index (χ0v) is 18.5. The van der Waals surface area contributed by atoms with Gasteiger partial charge in [0.05, 0.1) is 23.2 Å². The number of sulfonamides is 1. The molecular formula is C19H31NO4SSi. The lowest BCUT2D eigenvalue weighted by atomic mass is 10.2. The highest BCUT2D eigenvalue weighted by Gasteiger charge is 2.49. The van der Waals surface area contributed by atoms with Gasteiger partial charge in [0.15, 0.2) is 8.32 Å². The number of fused-ring (bicyclic) bond motifs is 1. The molecule has 0 spiro atoms. The van der Waals surface area contributed by atoms with Crippen molar-refractivity contribution in [3.05, 3.63) is 29.8 Å². The lowest BCUT2D eigenvalue weighted by Gasteiger charge is -2.40. The molecule has 1 aromatic rings. The molecule has 0 saturated carbocycles. The zero-order valence-electron chi connectivity index (χ0n) is 16.7. The van der Waals surface area contributed by atoms with Gasteiger partial charge in [-0.3, -0.25) is 0 Å². The SMILES string of the molecule is Cc1ccc(S(=O)(=O)N2C[C@H](O[Si](C)(C)C(C)(C)C)C[C@@H]3O[C@@H]3C2)cc1. The Kier molecular flexibility index (Phi) is 5.16. The Morgan fingerprint density at radius 3 is 2.31 bits per heavy atom. The summed E-state index contributed by atoms with van der Waals surface area (Å²) in [5.41, 5.74) is 1.05. The molecule has 0 bridgehead atoms. The molecule has 0 unspecified atom stereocenters. The summed E-state index contributed by atoms with van der Waals surface area (Å²) >= 11 is 0. The molecule has 5 nitrogen and oxygen atoms in total. The highest BCUT2D eigenvalue weighted by atomic mass is 32.2. The van der Waals surface area contributed by atoms with Gasteiger partial charge < -0.3 is 9.16 Å². The molecule has 2 aliphatic heterocycles. The number of rotatable bonds is 4. The average Bonchev–Trinajstić information content (AvgIpc) is 3.23. The van der Waals surface area contributed by atoms with Gasteiger partial charge in [-0.05, 0) is 37.2 Å². The van der Waals surface area contributed by atoms with Gasteiger partial charge in [-0.15, -0.1) is 0 Å². The number of benzene rings is 1. The summed E-state index contributed by atoms with van der Waals surface area (Å²) in [6.07, 6.45) is 0.789. The van der Waals surface area contributed by atoms with E-state index in [1.54, 1.807) is 16.4 Å². The Balaban J connectivity index is 1.83. The molecule has 0 aromatic heterocycles. The van der Waals surface area contributed by atoms with Crippen LogP contribution < -0.4 is 0 Å². The Morgan fingerprint density at radius 2 is 1.73 bits per heavy atom. The Labute approximate surface area is 158 Å². The Hall–Kier alpha value is -0.733. The van der Waals surface area contributed by atoms with Crippen LogP contribution in [0.3, 0.4) is 0 Å². The van der Waals surface area contributed by atoms with Crippen molar-refractivity contribution < 1.29 is 17.6 Å². The summed E-state index contributed by atoms with van der Waals surface area (Å²) in [6, 6.07) is 7.05. The van der Waals surface area contributed by atoms with Crippen molar-refractivity contribution in [3.8, 4) is 0 Å². The van der Waals surface area contributed by atoms with Crippen molar-refractivity contribution in [2.24, 2.45) is 0 Å². The predicted molar refractivity (Wildman–Crippen MR) is 105 cm³/mol. The minimum absolute atomic E-state index is 0.00300. The maximum Gasteiger partial charge on any atom is 0.243 e. The average molecular weight is 398 g/mol.